The topological polar surface area (TPSA) is 77.0 Å². The third kappa shape index (κ3) is 5.21. The molecular weight excluding hydrogens is 274 g/mol. The minimum absolute atomic E-state index is 0.0475. The summed E-state index contributed by atoms with van der Waals surface area (Å²) >= 11 is 0. The summed E-state index contributed by atoms with van der Waals surface area (Å²) in [7, 11) is 1.65. The Hall–Kier alpha value is -0.690. The van der Waals surface area contributed by atoms with Crippen LogP contribution in [0.15, 0.2) is 0 Å². The number of carboxylic acids is 1. The van der Waals surface area contributed by atoms with Gasteiger partial charge in [-0.1, -0.05) is 0 Å². The first-order valence-electron chi connectivity index (χ1n) is 7.86. The Kier molecular flexibility index (Phi) is 6.41. The fraction of sp³-hybridized carbons (Fsp3) is 0.933. The van der Waals surface area contributed by atoms with Crippen molar-refractivity contribution >= 4 is 5.97 Å². The molecule has 2 fully saturated rings. The molecule has 6 nitrogen and oxygen atoms in total. The second kappa shape index (κ2) is 8.08. The third-order valence-electron chi connectivity index (χ3n) is 4.15. The van der Waals surface area contributed by atoms with Gasteiger partial charge in [0.25, 0.3) is 0 Å². The smallest absolute Gasteiger partial charge is 0.324 e. The van der Waals surface area contributed by atoms with Gasteiger partial charge in [0.05, 0.1) is 19.3 Å². The van der Waals surface area contributed by atoms with E-state index in [1.807, 2.05) is 0 Å². The first-order valence-corrected chi connectivity index (χ1v) is 7.86. The Morgan fingerprint density at radius 2 is 2.05 bits per heavy atom. The molecule has 2 saturated carbocycles. The lowest BCUT2D eigenvalue weighted by Crippen LogP contribution is -2.51. The van der Waals surface area contributed by atoms with E-state index >= 15 is 0 Å². The molecule has 2 rings (SSSR count). The van der Waals surface area contributed by atoms with E-state index < -0.39 is 11.5 Å². The van der Waals surface area contributed by atoms with E-state index in [9.17, 15) is 9.90 Å². The molecule has 0 aromatic rings. The Balaban J connectivity index is 1.61. The van der Waals surface area contributed by atoms with Crippen LogP contribution in [0.25, 0.3) is 0 Å². The summed E-state index contributed by atoms with van der Waals surface area (Å²) in [6.45, 7) is 2.49. The highest BCUT2D eigenvalue weighted by Gasteiger charge is 2.48. The lowest BCUT2D eigenvalue weighted by atomic mass is 9.97. The Morgan fingerprint density at radius 3 is 2.71 bits per heavy atom. The quantitative estimate of drug-likeness (QED) is 0.558. The molecule has 0 amide bonds. The summed E-state index contributed by atoms with van der Waals surface area (Å²) in [5, 5.41) is 12.8. The van der Waals surface area contributed by atoms with Gasteiger partial charge in [0.2, 0.25) is 0 Å². The standard InChI is InChI=1S/C15H27NO5/c1-19-9-10-20-7-2-8-21-13-5-6-15(11-13,14(17)18)16-12-3-4-12/h12-13,16H,2-11H2,1H3,(H,17,18). The number of ether oxygens (including phenoxy) is 3. The second-order valence-electron chi connectivity index (χ2n) is 6.00. The van der Waals surface area contributed by atoms with Crippen LogP contribution in [0.3, 0.4) is 0 Å². The zero-order chi connectivity index (χ0) is 15.1. The minimum Gasteiger partial charge on any atom is -0.480 e. The molecule has 0 spiro atoms. The monoisotopic (exact) mass is 301 g/mol. The molecule has 2 N–H and O–H groups in total. The van der Waals surface area contributed by atoms with Gasteiger partial charge in [-0.05, 0) is 32.1 Å². The van der Waals surface area contributed by atoms with Crippen molar-refractivity contribution in [3.05, 3.63) is 0 Å². The van der Waals surface area contributed by atoms with Crippen molar-refractivity contribution in [1.29, 1.82) is 0 Å². The van der Waals surface area contributed by atoms with Crippen molar-refractivity contribution in [2.45, 2.75) is 56.2 Å². The predicted octanol–water partition coefficient (Wildman–Crippen LogP) is 1.18. The lowest BCUT2D eigenvalue weighted by Gasteiger charge is -2.26. The number of carbonyl (C=O) groups is 1. The predicted molar refractivity (Wildman–Crippen MR) is 77.4 cm³/mol. The molecule has 0 aromatic carbocycles. The molecule has 0 radical (unpaired) electrons. The van der Waals surface area contributed by atoms with Gasteiger partial charge in [-0.15, -0.1) is 0 Å². The highest BCUT2D eigenvalue weighted by molar-refractivity contribution is 5.79. The third-order valence-corrected chi connectivity index (χ3v) is 4.15. The van der Waals surface area contributed by atoms with Crippen LogP contribution in [0.1, 0.15) is 38.5 Å². The second-order valence-corrected chi connectivity index (χ2v) is 6.00. The van der Waals surface area contributed by atoms with Crippen LogP contribution in [-0.4, -0.2) is 62.3 Å². The first kappa shape index (κ1) is 16.7. The summed E-state index contributed by atoms with van der Waals surface area (Å²) in [6.07, 6.45) is 5.12. The molecule has 21 heavy (non-hydrogen) atoms. The maximum absolute atomic E-state index is 11.6. The van der Waals surface area contributed by atoms with E-state index in [2.05, 4.69) is 5.32 Å². The normalized spacial score (nSPS) is 28.9. The summed E-state index contributed by atoms with van der Waals surface area (Å²) in [5.74, 6) is -0.733. The van der Waals surface area contributed by atoms with Crippen molar-refractivity contribution < 1.29 is 24.1 Å². The summed E-state index contributed by atoms with van der Waals surface area (Å²) in [5.41, 5.74) is -0.763. The maximum Gasteiger partial charge on any atom is 0.324 e. The SMILES string of the molecule is COCCOCCCOC1CCC(NC2CC2)(C(=O)O)C1. The molecule has 2 aliphatic carbocycles. The molecule has 122 valence electrons. The summed E-state index contributed by atoms with van der Waals surface area (Å²) in [6, 6.07) is 0.397. The van der Waals surface area contributed by atoms with E-state index in [0.29, 0.717) is 45.3 Å². The molecule has 0 aromatic heterocycles. The van der Waals surface area contributed by atoms with Crippen LogP contribution in [0.4, 0.5) is 0 Å². The Labute approximate surface area is 126 Å². The molecule has 0 saturated heterocycles. The largest absolute Gasteiger partial charge is 0.480 e. The molecule has 2 unspecified atom stereocenters. The van der Waals surface area contributed by atoms with Gasteiger partial charge in [-0.3, -0.25) is 10.1 Å². The number of hydrogen-bond donors (Lipinski definition) is 2. The Bertz CT molecular complexity index is 334. The van der Waals surface area contributed by atoms with Gasteiger partial charge in [-0.25, -0.2) is 0 Å². The molecule has 2 aliphatic rings. The van der Waals surface area contributed by atoms with Gasteiger partial charge >= 0.3 is 5.97 Å². The lowest BCUT2D eigenvalue weighted by molar-refractivity contribution is -0.145. The van der Waals surface area contributed by atoms with Crippen LogP contribution in [-0.2, 0) is 19.0 Å². The van der Waals surface area contributed by atoms with Gasteiger partial charge < -0.3 is 19.3 Å². The first-order chi connectivity index (χ1) is 10.2. The van der Waals surface area contributed by atoms with E-state index in [1.165, 1.54) is 0 Å². The van der Waals surface area contributed by atoms with Crippen molar-refractivity contribution in [2.24, 2.45) is 0 Å². The number of rotatable bonds is 11. The van der Waals surface area contributed by atoms with E-state index in [0.717, 1.165) is 25.7 Å². The van der Waals surface area contributed by atoms with E-state index in [-0.39, 0.29) is 6.10 Å². The molecule has 6 heteroatoms. The molecule has 0 heterocycles. The number of hydrogen-bond acceptors (Lipinski definition) is 5. The zero-order valence-electron chi connectivity index (χ0n) is 12.8. The number of methoxy groups -OCH3 is 1. The van der Waals surface area contributed by atoms with Gasteiger partial charge in [0, 0.05) is 32.8 Å². The van der Waals surface area contributed by atoms with Gasteiger partial charge in [-0.2, -0.15) is 0 Å². The van der Waals surface area contributed by atoms with E-state index in [1.54, 1.807) is 7.11 Å². The van der Waals surface area contributed by atoms with Crippen LogP contribution in [0.5, 0.6) is 0 Å². The zero-order valence-corrected chi connectivity index (χ0v) is 12.8. The number of carboxylic acid groups (broad SMARTS) is 1. The number of aliphatic carboxylic acids is 1. The van der Waals surface area contributed by atoms with Crippen molar-refractivity contribution in [2.75, 3.05) is 33.5 Å². The summed E-state index contributed by atoms with van der Waals surface area (Å²) in [4.78, 5) is 11.6. The van der Waals surface area contributed by atoms with Crippen LogP contribution in [0, 0.1) is 0 Å². The van der Waals surface area contributed by atoms with Crippen molar-refractivity contribution in [1.82, 2.24) is 5.32 Å². The van der Waals surface area contributed by atoms with Gasteiger partial charge in [0.15, 0.2) is 0 Å². The Morgan fingerprint density at radius 1 is 1.24 bits per heavy atom. The fourth-order valence-corrected chi connectivity index (χ4v) is 2.80. The van der Waals surface area contributed by atoms with E-state index in [4.69, 9.17) is 14.2 Å². The average molecular weight is 301 g/mol. The van der Waals surface area contributed by atoms with Crippen LogP contribution in [0.2, 0.25) is 0 Å². The summed E-state index contributed by atoms with van der Waals surface area (Å²) < 4.78 is 16.1. The number of nitrogens with one attached hydrogen (secondary N) is 1. The molecule has 0 aliphatic heterocycles. The highest BCUT2D eigenvalue weighted by atomic mass is 16.5. The molecule has 0 bridgehead atoms. The molecular formula is C15H27NO5. The fourth-order valence-electron chi connectivity index (χ4n) is 2.80. The minimum atomic E-state index is -0.763. The van der Waals surface area contributed by atoms with Gasteiger partial charge in [0.1, 0.15) is 5.54 Å². The highest BCUT2D eigenvalue weighted by Crippen LogP contribution is 2.35. The maximum atomic E-state index is 11.6. The van der Waals surface area contributed by atoms with Crippen LogP contribution >= 0.6 is 0 Å². The van der Waals surface area contributed by atoms with Crippen LogP contribution < -0.4 is 5.32 Å². The average Bonchev–Trinajstić information content (AvgIpc) is 3.16. The molecule has 2 atom stereocenters. The van der Waals surface area contributed by atoms with Crippen molar-refractivity contribution in [3.63, 3.8) is 0 Å². The van der Waals surface area contributed by atoms with Crippen molar-refractivity contribution in [3.8, 4) is 0 Å².